The molecule has 4 aromatic rings. The van der Waals surface area contributed by atoms with Crippen LogP contribution in [0.1, 0.15) is 165 Å². The van der Waals surface area contributed by atoms with Crippen molar-refractivity contribution in [1.29, 1.82) is 0 Å². The normalized spacial score (nSPS) is 18.6. The molecule has 1 saturated heterocycles. The third kappa shape index (κ3) is 24.0. The lowest BCUT2D eigenvalue weighted by molar-refractivity contribution is -0.121. The fourth-order valence-electron chi connectivity index (χ4n) is 12.9. The zero-order chi connectivity index (χ0) is 75.6. The Labute approximate surface area is 622 Å². The number of H-pyrrole nitrogens is 1. The molecule has 6 aliphatic rings. The second-order valence-electron chi connectivity index (χ2n) is 26.3. The van der Waals surface area contributed by atoms with Gasteiger partial charge in [0.05, 0.1) is 69.4 Å². The number of aromatic carboxylic acids is 1. The fraction of sp³-hybridized carbons (Fsp3) is 0.574. The number of rotatable bonds is 35. The van der Waals surface area contributed by atoms with Crippen LogP contribution in [-0.2, 0) is 106 Å². The number of amides is 2. The second kappa shape index (κ2) is 38.7. The van der Waals surface area contributed by atoms with E-state index in [-0.39, 0.29) is 59.5 Å². The van der Waals surface area contributed by atoms with Crippen LogP contribution in [0.4, 0.5) is 10.5 Å². The zero-order valence-corrected chi connectivity index (χ0v) is 65.2. The molecule has 0 aliphatic carbocycles. The molecule has 6 atom stereocenters. The molecule has 0 spiro atoms. The van der Waals surface area contributed by atoms with Gasteiger partial charge in [-0.15, -0.1) is 0 Å². The lowest BCUT2D eigenvalue weighted by Crippen LogP contribution is -2.45. The number of carbonyl (C=O) groups is 4. The van der Waals surface area contributed by atoms with Gasteiger partial charge < -0.3 is 73.4 Å². The number of fused-ring (bicyclic) bond motifs is 4. The number of benzene rings is 3. The van der Waals surface area contributed by atoms with Crippen molar-refractivity contribution >= 4 is 101 Å². The minimum Gasteiger partial charge on any atom is -0.478 e. The van der Waals surface area contributed by atoms with Crippen molar-refractivity contribution in [2.75, 3.05) is 108 Å². The average Bonchev–Trinajstić information content (AvgIpc) is 1.28. The Hall–Kier alpha value is -5.47. The average molecular weight is 1600 g/mol. The molecule has 3 aromatic carbocycles. The lowest BCUT2D eigenvalue weighted by atomic mass is 9.81. The number of aromatic nitrogens is 2. The van der Waals surface area contributed by atoms with Crippen LogP contribution >= 0.6 is 45.1 Å². The summed E-state index contributed by atoms with van der Waals surface area (Å²) in [6.45, 7) is 15.9. The number of nitrogens with zero attached hydrogens (tertiary/aromatic N) is 3. The molecule has 0 radical (unpaired) electrons. The number of carbonyl (C=O) groups excluding carboxylic acids is 3. The molecule has 6 aliphatic heterocycles. The number of carboxylic acids is 1. The Morgan fingerprint density at radius 1 is 0.829 bits per heavy atom. The van der Waals surface area contributed by atoms with Crippen molar-refractivity contribution in [3.63, 3.8) is 0 Å². The Kier molecular flexibility index (Phi) is 30.8. The van der Waals surface area contributed by atoms with Gasteiger partial charge in [-0.25, -0.2) is 32.7 Å². The van der Waals surface area contributed by atoms with Crippen molar-refractivity contribution < 1.29 is 104 Å². The number of phosphoric acid groups is 3. The van der Waals surface area contributed by atoms with Crippen LogP contribution in [0.25, 0.3) is 5.57 Å². The third-order valence-electron chi connectivity index (χ3n) is 17.3. The monoisotopic (exact) mass is 1600 g/mol. The van der Waals surface area contributed by atoms with E-state index in [9.17, 15) is 57.4 Å². The number of ketones is 1. The maximum Gasteiger partial charge on any atom is 0.490 e. The molecule has 10 rings (SSSR count). The number of Topliss-reactive ketones (excluding diaryl/α,β-unsaturated/α-hetero) is 1. The molecule has 3 unspecified atom stereocenters. The van der Waals surface area contributed by atoms with E-state index in [1.807, 2.05) is 19.9 Å². The van der Waals surface area contributed by atoms with Gasteiger partial charge in [0.15, 0.2) is 5.78 Å². The van der Waals surface area contributed by atoms with E-state index in [2.05, 4.69) is 78.5 Å². The first-order chi connectivity index (χ1) is 50.0. The van der Waals surface area contributed by atoms with Crippen molar-refractivity contribution in [3.05, 3.63) is 118 Å². The highest BCUT2D eigenvalue weighted by Crippen LogP contribution is 2.66. The summed E-state index contributed by atoms with van der Waals surface area (Å²) in [7, 11) is -14.2. The van der Waals surface area contributed by atoms with Gasteiger partial charge >= 0.3 is 41.2 Å². The van der Waals surface area contributed by atoms with Gasteiger partial charge in [-0.1, -0.05) is 83.6 Å². The van der Waals surface area contributed by atoms with Crippen molar-refractivity contribution in [3.8, 4) is 23.3 Å². The Bertz CT molecular complexity index is 4340. The van der Waals surface area contributed by atoms with E-state index >= 15 is 0 Å². The summed E-state index contributed by atoms with van der Waals surface area (Å²) < 4.78 is 91.1. The Morgan fingerprint density at radius 2 is 1.55 bits per heavy atom. The summed E-state index contributed by atoms with van der Waals surface area (Å²) in [5, 5.41) is 18.1. The zero-order valence-electron chi connectivity index (χ0n) is 59.2. The molecule has 1 fully saturated rings. The van der Waals surface area contributed by atoms with E-state index < -0.39 is 81.3 Å². The fourth-order valence-corrected chi connectivity index (χ4v) is 18.6. The van der Waals surface area contributed by atoms with Gasteiger partial charge in [-0.05, 0) is 104 Å². The molecule has 30 nitrogen and oxygen atoms in total. The Morgan fingerprint density at radius 3 is 2.29 bits per heavy atom. The van der Waals surface area contributed by atoms with Crippen LogP contribution in [0.3, 0.4) is 0 Å². The standard InChI is InChI=1S/C44H51N3O7.C24H40N3O17P3S4/c1-2-8-38(49)45-16-22-53-24-23-52-21-7-13-37(48)28-14-15-31(44(50)51)34(25-28)39-35-26-29-9-3-17-46-19-5-11-32(40(29)46)42(35)54-43-33-12-6-20-47-18-4-10-30(41(33)47)27-36(39)43;1-5-51(48)16-40-18-12-20(42-19(18)14-41-46(34,35)44-47(36,37)43-45(31,32)33)27-13-17(21(28)26-22(27)29)8-6-9-25-23(30)39-11-7-10-38-15-49-50-24(2,3)4/h14-15,25-27H,2-13,16-24H2,1H3,(H-,45,49,50,51);13,18-20H,5,7,9-12,14-16H2,1-4H3,(H,25,30)(H,34,35)(H,36,37)(H,26,28,29)(H2,31,32,33)/p+1/t;18-,19-,20-,51?/m.1/s1. The molecule has 2 amide bonds. The molecule has 576 valence electrons. The van der Waals surface area contributed by atoms with E-state index in [1.165, 1.54) is 33.3 Å². The van der Waals surface area contributed by atoms with Crippen LogP contribution in [0.5, 0.6) is 11.5 Å². The number of ether oxygens (including phenoxy) is 7. The van der Waals surface area contributed by atoms with Crippen LogP contribution in [0.15, 0.2) is 46.1 Å². The van der Waals surface area contributed by atoms with Crippen LogP contribution in [0, 0.1) is 11.8 Å². The molecule has 8 N–H and O–H groups in total. The topological polar surface area (TPSA) is 398 Å². The summed E-state index contributed by atoms with van der Waals surface area (Å²) in [6, 6.07) is 9.63. The first-order valence-electron chi connectivity index (χ1n) is 34.8. The highest BCUT2D eigenvalue weighted by atomic mass is 33.1. The molecule has 105 heavy (non-hydrogen) atoms. The van der Waals surface area contributed by atoms with Gasteiger partial charge in [-0.3, -0.25) is 28.5 Å². The van der Waals surface area contributed by atoms with Gasteiger partial charge in [0, 0.05) is 114 Å². The smallest absolute Gasteiger partial charge is 0.478 e. The lowest BCUT2D eigenvalue weighted by Gasteiger charge is -2.39. The summed E-state index contributed by atoms with van der Waals surface area (Å²) in [5.41, 5.74) is 7.56. The van der Waals surface area contributed by atoms with Crippen LogP contribution < -0.4 is 46.7 Å². The SMILES string of the molecule is CCCC(=O)NCCOCCOCCCC(=O)c1ccc(C(=O)O)c(C2=c3cc4c5c(c3Oc3c2cc2c6c3CCCN6CCC2)CCC[N+]=5CCC4)c1.CCS(=S)CO[C@@H]1C[C@H](n2cc(C#CCNC(=O)OCCCOCSSC(C)(C)C)c(=O)[nH]c2=O)O[C@@H]1COP(=O)(O)OP(=O)(O)OP(=O)(O)O. The predicted molar refractivity (Wildman–Crippen MR) is 398 cm³/mol. The van der Waals surface area contributed by atoms with Crippen LogP contribution in [-0.4, -0.2) is 178 Å². The summed E-state index contributed by atoms with van der Waals surface area (Å²) in [4.78, 5) is 117. The van der Waals surface area contributed by atoms with Gasteiger partial charge in [0.2, 0.25) is 11.3 Å². The van der Waals surface area contributed by atoms with E-state index in [4.69, 9.17) is 58.7 Å². The van der Waals surface area contributed by atoms with Crippen molar-refractivity contribution in [1.82, 2.24) is 24.8 Å². The number of carboxylic acid groups (broad SMARTS) is 1. The number of hydrogen-bond donors (Lipinski definition) is 8. The maximum atomic E-state index is 13.7. The van der Waals surface area contributed by atoms with Gasteiger partial charge in [0.1, 0.15) is 48.4 Å². The largest absolute Gasteiger partial charge is 0.490 e. The predicted octanol–water partition coefficient (Wildman–Crippen LogP) is 6.96. The van der Waals surface area contributed by atoms with Crippen molar-refractivity contribution in [2.45, 2.75) is 148 Å². The number of aryl methyl sites for hydroxylation is 2. The molecule has 1 aromatic heterocycles. The number of nitrogens with one attached hydrogen (secondary N) is 3. The number of anilines is 1. The van der Waals surface area contributed by atoms with Gasteiger partial charge in [-0.2, -0.15) is 8.62 Å². The summed E-state index contributed by atoms with van der Waals surface area (Å²) in [5.74, 6) is 6.95. The van der Waals surface area contributed by atoms with E-state index in [0.717, 1.165) is 123 Å². The molecular weight excluding hydrogens is 1510 g/mol. The quantitative estimate of drug-likeness (QED) is 0.00386. The second-order valence-corrected chi connectivity index (χ2v) is 36.9. The first kappa shape index (κ1) is 83.6. The maximum absolute atomic E-state index is 13.7. The van der Waals surface area contributed by atoms with Crippen molar-refractivity contribution in [2.24, 2.45) is 0 Å². The highest BCUT2D eigenvalue weighted by molar-refractivity contribution is 8.77. The molecule has 37 heteroatoms. The minimum atomic E-state index is -5.77. The minimum absolute atomic E-state index is 0.0341. The molecular formula is C68H92N6O24P3S4+. The van der Waals surface area contributed by atoms with E-state index in [0.29, 0.717) is 81.7 Å². The number of phosphoric ester groups is 1. The summed E-state index contributed by atoms with van der Waals surface area (Å²) in [6.07, 6.45) is 7.69. The molecule has 0 saturated carbocycles. The first-order valence-corrected chi connectivity index (χ1v) is 44.1. The Balaban J connectivity index is 0.000000244. The summed E-state index contributed by atoms with van der Waals surface area (Å²) >= 11 is 5.27. The van der Waals surface area contributed by atoms with E-state index in [1.54, 1.807) is 33.7 Å². The number of hydrogen-bond acceptors (Lipinski definition) is 23. The highest BCUT2D eigenvalue weighted by Gasteiger charge is 2.44. The molecule has 0 bridgehead atoms. The number of alkyl carbamates (subject to hydrolysis) is 1. The third-order valence-corrected chi connectivity index (χ3v) is 26.2. The van der Waals surface area contributed by atoms with Crippen LogP contribution in [0.2, 0.25) is 0 Å². The van der Waals surface area contributed by atoms with Gasteiger partial charge in [0.25, 0.3) is 5.56 Å². The molecule has 7 heterocycles. The number of aromatic amines is 1.